The second kappa shape index (κ2) is 12.1. The molecule has 1 amide bonds. The summed E-state index contributed by atoms with van der Waals surface area (Å²) in [6.07, 6.45) is 0.742. The molecule has 0 saturated carbocycles. The minimum absolute atomic E-state index is 0. The highest BCUT2D eigenvalue weighted by Crippen LogP contribution is 2.28. The first-order chi connectivity index (χ1) is 14.9. The lowest BCUT2D eigenvalue weighted by Crippen LogP contribution is -2.53. The molecule has 9 heteroatoms. The van der Waals surface area contributed by atoms with Gasteiger partial charge >= 0.3 is 0 Å². The molecule has 0 spiro atoms. The number of nitrogens with zero attached hydrogens (tertiary/aromatic N) is 3. The molecule has 1 unspecified atom stereocenters. The fraction of sp³-hybridized carbons (Fsp3) is 0.391. The van der Waals surface area contributed by atoms with Crippen LogP contribution >= 0.6 is 24.0 Å². The van der Waals surface area contributed by atoms with Gasteiger partial charge in [0.25, 0.3) is 0 Å². The zero-order valence-corrected chi connectivity index (χ0v) is 20.7. The molecule has 0 bridgehead atoms. The highest BCUT2D eigenvalue weighted by Gasteiger charge is 2.27. The van der Waals surface area contributed by atoms with Gasteiger partial charge in [-0.3, -0.25) is 14.7 Å². The molecule has 174 valence electrons. The summed E-state index contributed by atoms with van der Waals surface area (Å²) in [6, 6.07) is 10.9. The number of carbonyl (C=O) groups excluding carboxylic acids is 1. The van der Waals surface area contributed by atoms with E-state index in [0.29, 0.717) is 17.7 Å². The van der Waals surface area contributed by atoms with Crippen molar-refractivity contribution in [2.75, 3.05) is 33.2 Å². The number of hydrogen-bond donors (Lipinski definition) is 2. The Hall–Kier alpha value is -2.27. The third kappa shape index (κ3) is 6.38. The normalized spacial score (nSPS) is 15.8. The Balaban J connectivity index is 0.00000363. The smallest absolute Gasteiger partial charge is 0.248 e. The van der Waals surface area contributed by atoms with Crippen molar-refractivity contribution >= 4 is 35.8 Å². The van der Waals surface area contributed by atoms with E-state index in [1.54, 1.807) is 31.3 Å². The Bertz CT molecular complexity index is 948. The first-order valence-corrected chi connectivity index (χ1v) is 10.5. The van der Waals surface area contributed by atoms with Crippen molar-refractivity contribution in [1.29, 1.82) is 0 Å². The summed E-state index contributed by atoms with van der Waals surface area (Å²) in [5, 5.41) is 3.33. The molecule has 1 fully saturated rings. The third-order valence-electron chi connectivity index (χ3n) is 5.64. The molecule has 32 heavy (non-hydrogen) atoms. The Morgan fingerprint density at radius 1 is 1.16 bits per heavy atom. The number of carbonyl (C=O) groups is 1. The largest absolute Gasteiger partial charge is 0.366 e. The fourth-order valence-electron chi connectivity index (χ4n) is 4.04. The second-order valence-corrected chi connectivity index (χ2v) is 7.58. The second-order valence-electron chi connectivity index (χ2n) is 7.58. The number of aliphatic imine (C=N–C) groups is 1. The van der Waals surface area contributed by atoms with Gasteiger partial charge in [-0.05, 0) is 30.2 Å². The number of benzene rings is 2. The summed E-state index contributed by atoms with van der Waals surface area (Å²) in [7, 11) is 1.73. The number of nitrogens with one attached hydrogen (secondary N) is 1. The van der Waals surface area contributed by atoms with Gasteiger partial charge in [-0.25, -0.2) is 8.78 Å². The van der Waals surface area contributed by atoms with Crippen LogP contribution in [-0.2, 0) is 6.54 Å². The van der Waals surface area contributed by atoms with Gasteiger partial charge in [-0.1, -0.05) is 25.1 Å². The molecule has 2 aromatic carbocycles. The van der Waals surface area contributed by atoms with Gasteiger partial charge in [-0.2, -0.15) is 0 Å². The van der Waals surface area contributed by atoms with Crippen molar-refractivity contribution in [2.45, 2.75) is 25.9 Å². The minimum atomic E-state index is -0.558. The number of halogens is 3. The standard InChI is InChI=1S/C23H29F2N5O.HI/c1-3-21(19-8-7-18(24)14-20(19)25)29-9-11-30(12-10-29)23(27-2)28-15-16-5-4-6-17(13-16)22(26)31;/h4-8,13-14,21H,3,9-12,15H2,1-2H3,(H2,26,31)(H,27,28);1H. The van der Waals surface area contributed by atoms with Gasteiger partial charge < -0.3 is 16.0 Å². The van der Waals surface area contributed by atoms with Crippen LogP contribution in [0.25, 0.3) is 0 Å². The van der Waals surface area contributed by atoms with Crippen molar-refractivity contribution in [3.05, 3.63) is 70.8 Å². The molecule has 0 aromatic heterocycles. The molecule has 1 aliphatic rings. The fourth-order valence-corrected chi connectivity index (χ4v) is 4.04. The number of hydrogen-bond acceptors (Lipinski definition) is 3. The van der Waals surface area contributed by atoms with Crippen LogP contribution in [-0.4, -0.2) is 54.9 Å². The number of primary amides is 1. The highest BCUT2D eigenvalue weighted by atomic mass is 127. The molecule has 1 heterocycles. The Morgan fingerprint density at radius 2 is 1.88 bits per heavy atom. The van der Waals surface area contributed by atoms with Crippen molar-refractivity contribution in [1.82, 2.24) is 15.1 Å². The summed E-state index contributed by atoms with van der Waals surface area (Å²) in [5.41, 5.74) is 7.30. The number of rotatable bonds is 6. The predicted molar refractivity (Wildman–Crippen MR) is 133 cm³/mol. The monoisotopic (exact) mass is 557 g/mol. The van der Waals surface area contributed by atoms with Gasteiger partial charge in [0.1, 0.15) is 11.6 Å². The lowest BCUT2D eigenvalue weighted by atomic mass is 10.0. The topological polar surface area (TPSA) is 74.0 Å². The molecule has 3 N–H and O–H groups in total. The maximum absolute atomic E-state index is 14.3. The SMILES string of the molecule is CCC(c1ccc(F)cc1F)N1CCN(C(=NC)NCc2cccc(C(N)=O)c2)CC1.I. The van der Waals surface area contributed by atoms with E-state index in [1.165, 1.54) is 6.07 Å². The van der Waals surface area contributed by atoms with Crippen molar-refractivity contribution < 1.29 is 13.6 Å². The number of piperazine rings is 1. The summed E-state index contributed by atoms with van der Waals surface area (Å²) in [5.74, 6) is -0.738. The number of nitrogens with two attached hydrogens (primary N) is 1. The summed E-state index contributed by atoms with van der Waals surface area (Å²) in [4.78, 5) is 20.1. The van der Waals surface area contributed by atoms with E-state index >= 15 is 0 Å². The Labute approximate surface area is 204 Å². The summed E-state index contributed by atoms with van der Waals surface area (Å²) in [6.45, 7) is 5.49. The molecule has 1 saturated heterocycles. The van der Waals surface area contributed by atoms with Crippen LogP contribution in [0.3, 0.4) is 0 Å². The molecule has 0 aliphatic carbocycles. The number of amides is 1. The third-order valence-corrected chi connectivity index (χ3v) is 5.64. The molecular formula is C23H30F2IN5O. The number of guanidine groups is 1. The lowest BCUT2D eigenvalue weighted by Gasteiger charge is -2.40. The summed E-state index contributed by atoms with van der Waals surface area (Å²) < 4.78 is 27.6. The van der Waals surface area contributed by atoms with E-state index in [4.69, 9.17) is 5.73 Å². The lowest BCUT2D eigenvalue weighted by molar-refractivity contribution is 0.1000. The zero-order valence-electron chi connectivity index (χ0n) is 18.4. The van der Waals surface area contributed by atoms with Gasteiger partial charge in [0.05, 0.1) is 0 Å². The Morgan fingerprint density at radius 3 is 2.47 bits per heavy atom. The summed E-state index contributed by atoms with van der Waals surface area (Å²) >= 11 is 0. The van der Waals surface area contributed by atoms with Crippen molar-refractivity contribution in [2.24, 2.45) is 10.7 Å². The van der Waals surface area contributed by atoms with Crippen LogP contribution < -0.4 is 11.1 Å². The van der Waals surface area contributed by atoms with Crippen LogP contribution in [0.2, 0.25) is 0 Å². The highest BCUT2D eigenvalue weighted by molar-refractivity contribution is 14.0. The molecule has 3 rings (SSSR count). The van der Waals surface area contributed by atoms with E-state index in [1.807, 2.05) is 13.0 Å². The predicted octanol–water partition coefficient (Wildman–Crippen LogP) is 3.53. The van der Waals surface area contributed by atoms with Crippen LogP contribution in [0.5, 0.6) is 0 Å². The van der Waals surface area contributed by atoms with Crippen molar-refractivity contribution in [3.63, 3.8) is 0 Å². The first-order valence-electron chi connectivity index (χ1n) is 10.5. The quantitative estimate of drug-likeness (QED) is 0.324. The zero-order chi connectivity index (χ0) is 22.4. The average Bonchev–Trinajstić information content (AvgIpc) is 2.77. The maximum Gasteiger partial charge on any atom is 0.248 e. The molecule has 1 aliphatic heterocycles. The van der Waals surface area contributed by atoms with E-state index < -0.39 is 17.5 Å². The first kappa shape index (κ1) is 26.0. The molecule has 2 aromatic rings. The Kier molecular flexibility index (Phi) is 9.83. The molecular weight excluding hydrogens is 527 g/mol. The molecule has 0 radical (unpaired) electrons. The van der Waals surface area contributed by atoms with Gasteiger partial charge in [0, 0.05) is 63.0 Å². The minimum Gasteiger partial charge on any atom is -0.366 e. The average molecular weight is 557 g/mol. The van der Waals surface area contributed by atoms with Gasteiger partial charge in [-0.15, -0.1) is 24.0 Å². The van der Waals surface area contributed by atoms with Crippen LogP contribution in [0.4, 0.5) is 8.78 Å². The van der Waals surface area contributed by atoms with E-state index in [-0.39, 0.29) is 30.0 Å². The maximum atomic E-state index is 14.3. The van der Waals surface area contributed by atoms with Crippen LogP contribution in [0.15, 0.2) is 47.5 Å². The van der Waals surface area contributed by atoms with Crippen molar-refractivity contribution in [3.8, 4) is 0 Å². The molecule has 6 nitrogen and oxygen atoms in total. The van der Waals surface area contributed by atoms with E-state index in [2.05, 4.69) is 20.1 Å². The van der Waals surface area contributed by atoms with Gasteiger partial charge in [0.2, 0.25) is 5.91 Å². The van der Waals surface area contributed by atoms with E-state index in [0.717, 1.165) is 50.2 Å². The molecule has 1 atom stereocenters. The van der Waals surface area contributed by atoms with Crippen LogP contribution in [0.1, 0.15) is 40.9 Å². The van der Waals surface area contributed by atoms with Crippen LogP contribution in [0, 0.1) is 11.6 Å². The van der Waals surface area contributed by atoms with Gasteiger partial charge in [0.15, 0.2) is 5.96 Å². The van der Waals surface area contributed by atoms with E-state index in [9.17, 15) is 13.6 Å².